The number of fused-ring (bicyclic) bond motifs is 2. The van der Waals surface area contributed by atoms with E-state index in [2.05, 4.69) is 12.2 Å². The lowest BCUT2D eigenvalue weighted by Gasteiger charge is -2.36. The topological polar surface area (TPSA) is 52.6 Å². The molecule has 0 aromatic heterocycles. The van der Waals surface area contributed by atoms with Gasteiger partial charge in [0.1, 0.15) is 5.82 Å². The zero-order chi connectivity index (χ0) is 21.1. The van der Waals surface area contributed by atoms with Gasteiger partial charge in [-0.2, -0.15) is 0 Å². The van der Waals surface area contributed by atoms with Crippen LogP contribution in [0.3, 0.4) is 0 Å². The van der Waals surface area contributed by atoms with Crippen LogP contribution in [0.25, 0.3) is 0 Å². The van der Waals surface area contributed by atoms with Gasteiger partial charge in [0.2, 0.25) is 5.91 Å². The highest BCUT2D eigenvalue weighted by molar-refractivity contribution is 6.08. The fraction of sp³-hybridized carbons (Fsp3) is 0.480. The minimum Gasteiger partial charge on any atom is -0.389 e. The van der Waals surface area contributed by atoms with Gasteiger partial charge in [0, 0.05) is 12.2 Å². The van der Waals surface area contributed by atoms with Gasteiger partial charge in [-0.15, -0.1) is 0 Å². The fourth-order valence-electron chi connectivity index (χ4n) is 5.20. The molecule has 1 aliphatic carbocycles. The van der Waals surface area contributed by atoms with E-state index in [9.17, 15) is 14.3 Å². The Morgan fingerprint density at radius 1 is 1.13 bits per heavy atom. The minimum absolute atomic E-state index is 0.00574. The zero-order valence-electron chi connectivity index (χ0n) is 17.6. The quantitative estimate of drug-likeness (QED) is 0.662. The summed E-state index contributed by atoms with van der Waals surface area (Å²) in [6.45, 7) is 3.27. The molecule has 1 saturated carbocycles. The van der Waals surface area contributed by atoms with Crippen molar-refractivity contribution in [2.24, 2.45) is 0 Å². The summed E-state index contributed by atoms with van der Waals surface area (Å²) in [5.74, 6) is -0.305. The van der Waals surface area contributed by atoms with E-state index in [0.717, 1.165) is 61.9 Å². The average Bonchev–Trinajstić information content (AvgIpc) is 2.98. The number of benzene rings is 2. The van der Waals surface area contributed by atoms with E-state index in [-0.39, 0.29) is 11.7 Å². The van der Waals surface area contributed by atoms with Gasteiger partial charge < -0.3 is 15.3 Å². The molecule has 4 nitrogen and oxygen atoms in total. The first-order chi connectivity index (χ1) is 14.6. The Morgan fingerprint density at radius 3 is 2.57 bits per heavy atom. The molecule has 2 N–H and O–H groups in total. The molecule has 2 atom stereocenters. The van der Waals surface area contributed by atoms with E-state index in [4.69, 9.17) is 0 Å². The number of nitrogens with one attached hydrogen (secondary N) is 1. The smallest absolute Gasteiger partial charge is 0.238 e. The molecule has 1 fully saturated rings. The number of nitrogens with zero attached hydrogens (tertiary/aromatic N) is 1. The molecule has 30 heavy (non-hydrogen) atoms. The van der Waals surface area contributed by atoms with Gasteiger partial charge in [-0.3, -0.25) is 4.79 Å². The van der Waals surface area contributed by atoms with E-state index in [1.807, 2.05) is 30.3 Å². The van der Waals surface area contributed by atoms with Gasteiger partial charge >= 0.3 is 0 Å². The van der Waals surface area contributed by atoms with Crippen LogP contribution >= 0.6 is 0 Å². The SMILES string of the molecule is CCCNCC(O)C(c1ccccc1)N1C(=O)C2(CCCCC2)c2cc(F)ccc21. The maximum atomic E-state index is 14.3. The van der Waals surface area contributed by atoms with E-state index in [1.54, 1.807) is 17.0 Å². The Labute approximate surface area is 178 Å². The van der Waals surface area contributed by atoms with Crippen molar-refractivity contribution in [2.75, 3.05) is 18.0 Å². The van der Waals surface area contributed by atoms with Crippen molar-refractivity contribution in [2.45, 2.75) is 63.0 Å². The highest BCUT2D eigenvalue weighted by Gasteiger charge is 2.53. The molecule has 4 rings (SSSR count). The summed E-state index contributed by atoms with van der Waals surface area (Å²) >= 11 is 0. The summed E-state index contributed by atoms with van der Waals surface area (Å²) in [5.41, 5.74) is 1.76. The maximum absolute atomic E-state index is 14.3. The van der Waals surface area contributed by atoms with E-state index >= 15 is 0 Å². The van der Waals surface area contributed by atoms with Gasteiger partial charge in [0.25, 0.3) is 0 Å². The molecule has 5 heteroatoms. The van der Waals surface area contributed by atoms with Crippen molar-refractivity contribution in [3.8, 4) is 0 Å². The number of rotatable bonds is 7. The van der Waals surface area contributed by atoms with Gasteiger partial charge in [0.15, 0.2) is 0 Å². The molecule has 2 aromatic rings. The van der Waals surface area contributed by atoms with Crippen molar-refractivity contribution >= 4 is 11.6 Å². The highest BCUT2D eigenvalue weighted by Crippen LogP contribution is 2.52. The van der Waals surface area contributed by atoms with Crippen LogP contribution in [0.1, 0.15) is 62.6 Å². The Bertz CT molecular complexity index is 880. The summed E-state index contributed by atoms with van der Waals surface area (Å²) in [4.78, 5) is 15.7. The summed E-state index contributed by atoms with van der Waals surface area (Å²) in [6.07, 6.45) is 4.70. The zero-order valence-corrected chi connectivity index (χ0v) is 17.6. The summed E-state index contributed by atoms with van der Waals surface area (Å²) in [7, 11) is 0. The summed E-state index contributed by atoms with van der Waals surface area (Å²) in [6, 6.07) is 13.9. The monoisotopic (exact) mass is 410 g/mol. The summed E-state index contributed by atoms with van der Waals surface area (Å²) in [5, 5.41) is 14.5. The second kappa shape index (κ2) is 8.86. The van der Waals surface area contributed by atoms with Gasteiger partial charge in [-0.25, -0.2) is 4.39 Å². The number of carbonyl (C=O) groups excluding carboxylic acids is 1. The minimum atomic E-state index is -0.778. The molecule has 2 aliphatic rings. The predicted octanol–water partition coefficient (Wildman–Crippen LogP) is 4.48. The maximum Gasteiger partial charge on any atom is 0.238 e. The molecule has 0 bridgehead atoms. The van der Waals surface area contributed by atoms with Crippen LogP contribution in [0.5, 0.6) is 0 Å². The van der Waals surface area contributed by atoms with Crippen LogP contribution in [0.15, 0.2) is 48.5 Å². The van der Waals surface area contributed by atoms with Crippen molar-refractivity contribution in [3.63, 3.8) is 0 Å². The molecule has 0 radical (unpaired) electrons. The number of halogens is 1. The third-order valence-corrected chi connectivity index (χ3v) is 6.63. The molecule has 1 heterocycles. The number of amides is 1. The van der Waals surface area contributed by atoms with Crippen LogP contribution in [-0.4, -0.2) is 30.2 Å². The largest absolute Gasteiger partial charge is 0.389 e. The van der Waals surface area contributed by atoms with Crippen LogP contribution in [0, 0.1) is 5.82 Å². The van der Waals surface area contributed by atoms with Crippen molar-refractivity contribution < 1.29 is 14.3 Å². The molecule has 2 unspecified atom stereocenters. The molecular formula is C25H31FN2O2. The molecule has 2 aromatic carbocycles. The van der Waals surface area contributed by atoms with Crippen LogP contribution in [0.2, 0.25) is 0 Å². The third kappa shape index (κ3) is 3.65. The molecule has 1 spiro atoms. The fourth-order valence-corrected chi connectivity index (χ4v) is 5.20. The molecule has 1 aliphatic heterocycles. The number of hydrogen-bond acceptors (Lipinski definition) is 3. The Balaban J connectivity index is 1.79. The second-order valence-electron chi connectivity index (χ2n) is 8.61. The first kappa shape index (κ1) is 21.0. The molecule has 0 saturated heterocycles. The number of aliphatic hydroxyl groups excluding tert-OH is 1. The van der Waals surface area contributed by atoms with E-state index in [0.29, 0.717) is 6.54 Å². The Hall–Kier alpha value is -2.24. The normalized spacial score (nSPS) is 19.7. The number of anilines is 1. The van der Waals surface area contributed by atoms with Gasteiger partial charge in [0.05, 0.1) is 17.6 Å². The number of carbonyl (C=O) groups is 1. The Kier molecular flexibility index (Phi) is 6.21. The van der Waals surface area contributed by atoms with E-state index in [1.165, 1.54) is 6.07 Å². The van der Waals surface area contributed by atoms with Gasteiger partial charge in [-0.1, -0.05) is 56.5 Å². The molecule has 1 amide bonds. The number of aliphatic hydroxyl groups is 1. The molecule has 160 valence electrons. The predicted molar refractivity (Wildman–Crippen MR) is 117 cm³/mol. The Morgan fingerprint density at radius 2 is 1.87 bits per heavy atom. The van der Waals surface area contributed by atoms with Crippen LogP contribution in [0.4, 0.5) is 10.1 Å². The lowest BCUT2D eigenvalue weighted by atomic mass is 9.70. The first-order valence-electron chi connectivity index (χ1n) is 11.2. The van der Waals surface area contributed by atoms with Crippen molar-refractivity contribution in [3.05, 3.63) is 65.5 Å². The second-order valence-corrected chi connectivity index (χ2v) is 8.61. The lowest BCUT2D eigenvalue weighted by molar-refractivity contribution is -0.125. The van der Waals surface area contributed by atoms with Gasteiger partial charge in [-0.05, 0) is 55.1 Å². The van der Waals surface area contributed by atoms with Crippen LogP contribution in [-0.2, 0) is 10.2 Å². The highest BCUT2D eigenvalue weighted by atomic mass is 19.1. The van der Waals surface area contributed by atoms with Crippen molar-refractivity contribution in [1.29, 1.82) is 0 Å². The lowest BCUT2D eigenvalue weighted by Crippen LogP contribution is -2.48. The third-order valence-electron chi connectivity index (χ3n) is 6.63. The standard InChI is InChI=1S/C25H31FN2O2/c1-2-15-27-17-22(29)23(18-9-5-3-6-10-18)28-21-12-11-19(26)16-20(21)25(24(28)30)13-7-4-8-14-25/h3,5-6,9-12,16,22-23,27,29H,2,4,7-8,13-15,17H2,1H3. The molecular weight excluding hydrogens is 379 g/mol. The van der Waals surface area contributed by atoms with E-state index < -0.39 is 17.6 Å². The first-order valence-corrected chi connectivity index (χ1v) is 11.2. The van der Waals surface area contributed by atoms with Crippen molar-refractivity contribution in [1.82, 2.24) is 5.32 Å². The van der Waals surface area contributed by atoms with Crippen LogP contribution < -0.4 is 10.2 Å². The number of hydrogen-bond donors (Lipinski definition) is 2. The summed E-state index contributed by atoms with van der Waals surface area (Å²) < 4.78 is 14.3. The average molecular weight is 411 g/mol.